The van der Waals surface area contributed by atoms with Gasteiger partial charge in [0.1, 0.15) is 5.15 Å². The van der Waals surface area contributed by atoms with Gasteiger partial charge in [0.25, 0.3) is 0 Å². The lowest BCUT2D eigenvalue weighted by Crippen LogP contribution is -1.87. The van der Waals surface area contributed by atoms with Crippen LogP contribution in [0.5, 0.6) is 0 Å². The van der Waals surface area contributed by atoms with Crippen LogP contribution in [0, 0.1) is 13.8 Å². The number of rotatable bonds is 0. The van der Waals surface area contributed by atoms with E-state index in [1.165, 1.54) is 5.56 Å². The van der Waals surface area contributed by atoms with E-state index >= 15 is 0 Å². The molecule has 0 fully saturated rings. The molecular formula is C11H9BrClN. The predicted octanol–water partition coefficient (Wildman–Crippen LogP) is 4.27. The Balaban J connectivity index is 2.94. The Morgan fingerprint density at radius 1 is 1.21 bits per heavy atom. The Labute approximate surface area is 96.2 Å². The summed E-state index contributed by atoms with van der Waals surface area (Å²) in [5.74, 6) is 0. The van der Waals surface area contributed by atoms with Crippen LogP contribution in [0.4, 0.5) is 0 Å². The molecule has 1 aromatic carbocycles. The van der Waals surface area contributed by atoms with Gasteiger partial charge in [-0.05, 0) is 53.0 Å². The summed E-state index contributed by atoms with van der Waals surface area (Å²) in [5.41, 5.74) is 3.16. The maximum absolute atomic E-state index is 5.98. The van der Waals surface area contributed by atoms with E-state index in [4.69, 9.17) is 11.6 Å². The van der Waals surface area contributed by atoms with Crippen molar-refractivity contribution in [3.8, 4) is 0 Å². The summed E-state index contributed by atoms with van der Waals surface area (Å²) in [6.07, 6.45) is 0. The quantitative estimate of drug-likeness (QED) is 0.652. The van der Waals surface area contributed by atoms with Gasteiger partial charge in [-0.2, -0.15) is 0 Å². The highest BCUT2D eigenvalue weighted by Crippen LogP contribution is 2.28. The molecule has 0 unspecified atom stereocenters. The van der Waals surface area contributed by atoms with Gasteiger partial charge < -0.3 is 0 Å². The monoisotopic (exact) mass is 269 g/mol. The predicted molar refractivity (Wildman–Crippen MR) is 63.9 cm³/mol. The highest BCUT2D eigenvalue weighted by atomic mass is 79.9. The molecule has 0 radical (unpaired) electrons. The zero-order valence-electron chi connectivity index (χ0n) is 7.94. The molecule has 72 valence electrons. The van der Waals surface area contributed by atoms with Crippen molar-refractivity contribution >= 4 is 38.4 Å². The summed E-state index contributed by atoms with van der Waals surface area (Å²) in [4.78, 5) is 4.35. The fraction of sp³-hybridized carbons (Fsp3) is 0.182. The fourth-order valence-electron chi connectivity index (χ4n) is 1.44. The van der Waals surface area contributed by atoms with Gasteiger partial charge in [-0.3, -0.25) is 0 Å². The molecule has 1 aromatic heterocycles. The lowest BCUT2D eigenvalue weighted by molar-refractivity contribution is 1.31. The number of fused-ring (bicyclic) bond motifs is 1. The average molecular weight is 271 g/mol. The SMILES string of the molecule is Cc1cc2c(C)ccc(Br)c2nc1Cl. The molecule has 0 saturated carbocycles. The van der Waals surface area contributed by atoms with Crippen LogP contribution in [-0.2, 0) is 0 Å². The Morgan fingerprint density at radius 3 is 2.64 bits per heavy atom. The molecule has 1 nitrogen and oxygen atoms in total. The zero-order chi connectivity index (χ0) is 10.3. The number of benzene rings is 1. The first-order chi connectivity index (χ1) is 6.59. The Kier molecular flexibility index (Phi) is 2.50. The van der Waals surface area contributed by atoms with E-state index in [1.807, 2.05) is 13.0 Å². The number of aromatic nitrogens is 1. The molecule has 0 atom stereocenters. The van der Waals surface area contributed by atoms with Crippen LogP contribution in [0.2, 0.25) is 5.15 Å². The maximum atomic E-state index is 5.98. The van der Waals surface area contributed by atoms with E-state index in [2.05, 4.69) is 40.0 Å². The van der Waals surface area contributed by atoms with Crippen molar-refractivity contribution < 1.29 is 0 Å². The number of nitrogens with zero attached hydrogens (tertiary/aromatic N) is 1. The van der Waals surface area contributed by atoms with Gasteiger partial charge >= 0.3 is 0 Å². The molecule has 0 N–H and O–H groups in total. The standard InChI is InChI=1S/C11H9BrClN/c1-6-3-4-9(12)10-8(6)5-7(2)11(13)14-10/h3-5H,1-2H3. The van der Waals surface area contributed by atoms with E-state index in [1.54, 1.807) is 0 Å². The van der Waals surface area contributed by atoms with Gasteiger partial charge in [-0.15, -0.1) is 0 Å². The van der Waals surface area contributed by atoms with Gasteiger partial charge in [-0.25, -0.2) is 4.98 Å². The van der Waals surface area contributed by atoms with Crippen LogP contribution in [-0.4, -0.2) is 4.98 Å². The molecule has 3 heteroatoms. The van der Waals surface area contributed by atoms with E-state index in [0.29, 0.717) is 5.15 Å². The first-order valence-corrected chi connectivity index (χ1v) is 5.48. The molecule has 0 amide bonds. The van der Waals surface area contributed by atoms with Crippen molar-refractivity contribution in [2.24, 2.45) is 0 Å². The Hall–Kier alpha value is -0.600. The summed E-state index contributed by atoms with van der Waals surface area (Å²) < 4.78 is 0.986. The van der Waals surface area contributed by atoms with Gasteiger partial charge in [0.05, 0.1) is 5.52 Å². The van der Waals surface area contributed by atoms with Crippen LogP contribution >= 0.6 is 27.5 Å². The van der Waals surface area contributed by atoms with Crippen molar-refractivity contribution in [2.45, 2.75) is 13.8 Å². The van der Waals surface area contributed by atoms with Crippen molar-refractivity contribution in [2.75, 3.05) is 0 Å². The number of halogens is 2. The summed E-state index contributed by atoms with van der Waals surface area (Å²) in [6.45, 7) is 4.04. The molecule has 0 spiro atoms. The third kappa shape index (κ3) is 1.53. The first-order valence-electron chi connectivity index (χ1n) is 4.31. The lowest BCUT2D eigenvalue weighted by atomic mass is 10.1. The number of hydrogen-bond acceptors (Lipinski definition) is 1. The lowest BCUT2D eigenvalue weighted by Gasteiger charge is -2.06. The minimum Gasteiger partial charge on any atom is -0.235 e. The highest BCUT2D eigenvalue weighted by Gasteiger charge is 2.06. The Bertz CT molecular complexity index is 462. The fourth-order valence-corrected chi connectivity index (χ4v) is 2.01. The van der Waals surface area contributed by atoms with Crippen molar-refractivity contribution in [3.63, 3.8) is 0 Å². The highest BCUT2D eigenvalue weighted by molar-refractivity contribution is 9.10. The minimum atomic E-state index is 0.573. The average Bonchev–Trinajstić information content (AvgIpc) is 2.15. The van der Waals surface area contributed by atoms with E-state index < -0.39 is 0 Å². The van der Waals surface area contributed by atoms with E-state index in [0.717, 1.165) is 20.9 Å². The molecule has 0 saturated heterocycles. The largest absolute Gasteiger partial charge is 0.235 e. The zero-order valence-corrected chi connectivity index (χ0v) is 10.3. The second kappa shape index (κ2) is 3.52. The van der Waals surface area contributed by atoms with Crippen molar-refractivity contribution in [3.05, 3.63) is 39.0 Å². The number of aryl methyl sites for hydroxylation is 2. The van der Waals surface area contributed by atoms with Crippen molar-refractivity contribution in [1.82, 2.24) is 4.98 Å². The van der Waals surface area contributed by atoms with E-state index in [9.17, 15) is 0 Å². The van der Waals surface area contributed by atoms with Gasteiger partial charge in [0.15, 0.2) is 0 Å². The molecule has 2 aromatic rings. The summed E-state index contributed by atoms with van der Waals surface area (Å²) in [5, 5.41) is 1.73. The molecule has 0 aliphatic heterocycles. The first kappa shape index (κ1) is 9.94. The normalized spacial score (nSPS) is 10.9. The van der Waals surface area contributed by atoms with Crippen LogP contribution in [0.15, 0.2) is 22.7 Å². The molecule has 2 rings (SSSR count). The number of pyridine rings is 1. The molecule has 0 aliphatic rings. The van der Waals surface area contributed by atoms with E-state index in [-0.39, 0.29) is 0 Å². The van der Waals surface area contributed by atoms with Gasteiger partial charge in [0.2, 0.25) is 0 Å². The third-order valence-electron chi connectivity index (χ3n) is 2.28. The second-order valence-corrected chi connectivity index (χ2v) is 4.57. The van der Waals surface area contributed by atoms with Gasteiger partial charge in [-0.1, -0.05) is 17.7 Å². The minimum absolute atomic E-state index is 0.573. The summed E-state index contributed by atoms with van der Waals surface area (Å²) >= 11 is 9.45. The topological polar surface area (TPSA) is 12.9 Å². The Morgan fingerprint density at radius 2 is 1.93 bits per heavy atom. The molecule has 14 heavy (non-hydrogen) atoms. The maximum Gasteiger partial charge on any atom is 0.132 e. The van der Waals surface area contributed by atoms with Crippen LogP contribution in [0.25, 0.3) is 10.9 Å². The van der Waals surface area contributed by atoms with Crippen LogP contribution < -0.4 is 0 Å². The smallest absolute Gasteiger partial charge is 0.132 e. The molecule has 1 heterocycles. The van der Waals surface area contributed by atoms with Crippen LogP contribution in [0.3, 0.4) is 0 Å². The second-order valence-electron chi connectivity index (χ2n) is 3.36. The van der Waals surface area contributed by atoms with Gasteiger partial charge in [0, 0.05) is 9.86 Å². The molecule has 0 bridgehead atoms. The molecule has 0 aliphatic carbocycles. The van der Waals surface area contributed by atoms with Crippen LogP contribution in [0.1, 0.15) is 11.1 Å². The van der Waals surface area contributed by atoms with Crippen molar-refractivity contribution in [1.29, 1.82) is 0 Å². The summed E-state index contributed by atoms with van der Waals surface area (Å²) in [7, 11) is 0. The number of hydrogen-bond donors (Lipinski definition) is 0. The third-order valence-corrected chi connectivity index (χ3v) is 3.30. The molecular weight excluding hydrogens is 261 g/mol. The summed E-state index contributed by atoms with van der Waals surface area (Å²) in [6, 6.07) is 6.14.